The van der Waals surface area contributed by atoms with Crippen LogP contribution in [0.3, 0.4) is 0 Å². The molecule has 6 heteroatoms. The SMILES string of the molecule is CC(C)CNCCCN1CCN(CCCN2CCc3c([nH]c4ccc(Cl)cc34)C2)CC1. The predicted molar refractivity (Wildman–Crippen MR) is 132 cm³/mol. The highest BCUT2D eigenvalue weighted by molar-refractivity contribution is 6.31. The van der Waals surface area contributed by atoms with Crippen LogP contribution in [0.5, 0.6) is 0 Å². The van der Waals surface area contributed by atoms with Crippen LogP contribution in [-0.4, -0.2) is 85.1 Å². The van der Waals surface area contributed by atoms with Crippen LogP contribution in [-0.2, 0) is 13.0 Å². The molecule has 2 aliphatic rings. The third-order valence-corrected chi connectivity index (χ3v) is 7.05. The first-order chi connectivity index (χ1) is 15.1. The average molecular weight is 446 g/mol. The number of fused-ring (bicyclic) bond motifs is 3. The van der Waals surface area contributed by atoms with Crippen LogP contribution in [0.4, 0.5) is 0 Å². The van der Waals surface area contributed by atoms with Crippen LogP contribution < -0.4 is 5.32 Å². The van der Waals surface area contributed by atoms with E-state index in [1.165, 1.54) is 80.8 Å². The average Bonchev–Trinajstić information content (AvgIpc) is 3.11. The van der Waals surface area contributed by atoms with Gasteiger partial charge in [-0.3, -0.25) is 4.90 Å². The molecule has 2 N–H and O–H groups in total. The summed E-state index contributed by atoms with van der Waals surface area (Å²) >= 11 is 6.21. The fourth-order valence-electron chi connectivity index (χ4n) is 5.03. The number of piperazine rings is 1. The molecule has 0 saturated carbocycles. The molecule has 3 heterocycles. The summed E-state index contributed by atoms with van der Waals surface area (Å²) in [5.74, 6) is 0.747. The predicted octanol–water partition coefficient (Wildman–Crippen LogP) is 3.82. The molecule has 172 valence electrons. The highest BCUT2D eigenvalue weighted by atomic mass is 35.5. The summed E-state index contributed by atoms with van der Waals surface area (Å²) in [4.78, 5) is 11.5. The van der Waals surface area contributed by atoms with Crippen LogP contribution in [0.25, 0.3) is 10.9 Å². The van der Waals surface area contributed by atoms with E-state index in [9.17, 15) is 0 Å². The number of halogens is 1. The van der Waals surface area contributed by atoms with Crippen LogP contribution >= 0.6 is 11.6 Å². The van der Waals surface area contributed by atoms with Gasteiger partial charge in [0.05, 0.1) is 0 Å². The van der Waals surface area contributed by atoms with Crippen LogP contribution in [0, 0.1) is 5.92 Å². The number of hydrogen-bond donors (Lipinski definition) is 2. The number of rotatable bonds is 10. The van der Waals surface area contributed by atoms with Crippen LogP contribution in [0.2, 0.25) is 5.02 Å². The van der Waals surface area contributed by atoms with Crippen molar-refractivity contribution >= 4 is 22.5 Å². The van der Waals surface area contributed by atoms with Crippen molar-refractivity contribution in [2.45, 2.75) is 39.7 Å². The topological polar surface area (TPSA) is 37.5 Å². The Balaban J connectivity index is 1.12. The van der Waals surface area contributed by atoms with Crippen molar-refractivity contribution in [3.05, 3.63) is 34.5 Å². The van der Waals surface area contributed by atoms with Gasteiger partial charge in [-0.15, -0.1) is 0 Å². The van der Waals surface area contributed by atoms with Crippen LogP contribution in [0.1, 0.15) is 37.9 Å². The summed E-state index contributed by atoms with van der Waals surface area (Å²) < 4.78 is 0. The number of nitrogens with zero attached hydrogens (tertiary/aromatic N) is 3. The maximum atomic E-state index is 6.21. The van der Waals surface area contributed by atoms with Gasteiger partial charge in [0.15, 0.2) is 0 Å². The first-order valence-corrected chi connectivity index (χ1v) is 12.6. The molecular weight excluding hydrogens is 406 g/mol. The zero-order chi connectivity index (χ0) is 21.6. The van der Waals surface area contributed by atoms with Crippen molar-refractivity contribution < 1.29 is 0 Å². The minimum absolute atomic E-state index is 0.747. The molecule has 1 fully saturated rings. The molecule has 4 rings (SSSR count). The second-order valence-corrected chi connectivity index (χ2v) is 10.2. The lowest BCUT2D eigenvalue weighted by atomic mass is 10.0. The quantitative estimate of drug-likeness (QED) is 0.545. The molecule has 0 atom stereocenters. The fraction of sp³-hybridized carbons (Fsp3) is 0.680. The highest BCUT2D eigenvalue weighted by Gasteiger charge is 2.21. The third-order valence-electron chi connectivity index (χ3n) is 6.81. The molecule has 0 bridgehead atoms. The van der Waals surface area contributed by atoms with Crippen molar-refractivity contribution in [1.29, 1.82) is 0 Å². The second-order valence-electron chi connectivity index (χ2n) is 9.79. The number of aromatic amines is 1. The summed E-state index contributed by atoms with van der Waals surface area (Å²) in [7, 11) is 0. The number of benzene rings is 1. The molecule has 1 aromatic carbocycles. The van der Waals surface area contributed by atoms with Gasteiger partial charge in [-0.05, 0) is 81.7 Å². The van der Waals surface area contributed by atoms with Crippen molar-refractivity contribution in [2.75, 3.05) is 65.4 Å². The van der Waals surface area contributed by atoms with E-state index < -0.39 is 0 Å². The molecule has 0 unspecified atom stereocenters. The van der Waals surface area contributed by atoms with E-state index in [1.807, 2.05) is 6.07 Å². The van der Waals surface area contributed by atoms with Gasteiger partial charge >= 0.3 is 0 Å². The summed E-state index contributed by atoms with van der Waals surface area (Å²) in [6, 6.07) is 6.21. The molecule has 0 spiro atoms. The van der Waals surface area contributed by atoms with Crippen molar-refractivity contribution in [1.82, 2.24) is 25.0 Å². The molecule has 1 aromatic heterocycles. The summed E-state index contributed by atoms with van der Waals surface area (Å²) in [5.41, 5.74) is 4.09. The number of H-pyrrole nitrogens is 1. The zero-order valence-corrected chi connectivity index (χ0v) is 20.2. The summed E-state index contributed by atoms with van der Waals surface area (Å²) in [6.07, 6.45) is 3.66. The van der Waals surface area contributed by atoms with E-state index in [2.05, 4.69) is 51.0 Å². The molecule has 2 aliphatic heterocycles. The second kappa shape index (κ2) is 11.2. The molecular formula is C25H40ClN5. The minimum Gasteiger partial charge on any atom is -0.357 e. The minimum atomic E-state index is 0.747. The number of aromatic nitrogens is 1. The lowest BCUT2D eigenvalue weighted by Gasteiger charge is -2.35. The summed E-state index contributed by atoms with van der Waals surface area (Å²) in [6.45, 7) is 17.6. The third kappa shape index (κ3) is 6.45. The fourth-order valence-corrected chi connectivity index (χ4v) is 5.20. The van der Waals surface area contributed by atoms with Gasteiger partial charge in [0.1, 0.15) is 0 Å². The van der Waals surface area contributed by atoms with Crippen molar-refractivity contribution in [2.24, 2.45) is 5.92 Å². The maximum absolute atomic E-state index is 6.21. The van der Waals surface area contributed by atoms with Gasteiger partial charge < -0.3 is 20.1 Å². The van der Waals surface area contributed by atoms with Crippen molar-refractivity contribution in [3.8, 4) is 0 Å². The van der Waals surface area contributed by atoms with Crippen LogP contribution in [0.15, 0.2) is 18.2 Å². The smallest absolute Gasteiger partial charge is 0.0460 e. The highest BCUT2D eigenvalue weighted by Crippen LogP contribution is 2.29. The first kappa shape index (κ1) is 23.1. The lowest BCUT2D eigenvalue weighted by molar-refractivity contribution is 0.124. The van der Waals surface area contributed by atoms with Gasteiger partial charge in [-0.25, -0.2) is 0 Å². The van der Waals surface area contributed by atoms with Gasteiger partial charge in [-0.2, -0.15) is 0 Å². The molecule has 0 radical (unpaired) electrons. The molecule has 1 saturated heterocycles. The monoisotopic (exact) mass is 445 g/mol. The standard InChI is InChI=1S/C25H40ClN5/c1-20(2)18-27-8-3-9-29-13-15-30(16-14-29)10-4-11-31-12-7-22-23-17-21(26)5-6-24(23)28-25(22)19-31/h5-6,17,20,27-28H,3-4,7-16,18-19H2,1-2H3. The normalized spacial score (nSPS) is 18.8. The zero-order valence-electron chi connectivity index (χ0n) is 19.4. The Hall–Kier alpha value is -1.11. The molecule has 0 aliphatic carbocycles. The Morgan fingerprint density at radius 3 is 2.42 bits per heavy atom. The molecule has 0 amide bonds. The first-order valence-electron chi connectivity index (χ1n) is 12.3. The van der Waals surface area contributed by atoms with E-state index in [0.29, 0.717) is 0 Å². The van der Waals surface area contributed by atoms with Gasteiger partial charge in [-0.1, -0.05) is 25.4 Å². The number of hydrogen-bond acceptors (Lipinski definition) is 4. The Morgan fingerprint density at radius 1 is 0.968 bits per heavy atom. The van der Waals surface area contributed by atoms with Gasteiger partial charge in [0.2, 0.25) is 0 Å². The number of nitrogens with one attached hydrogen (secondary N) is 2. The summed E-state index contributed by atoms with van der Waals surface area (Å²) in [5, 5.41) is 5.71. The molecule has 31 heavy (non-hydrogen) atoms. The Morgan fingerprint density at radius 2 is 1.68 bits per heavy atom. The van der Waals surface area contributed by atoms with E-state index in [0.717, 1.165) is 43.5 Å². The van der Waals surface area contributed by atoms with E-state index in [-0.39, 0.29) is 0 Å². The van der Waals surface area contributed by atoms with E-state index in [4.69, 9.17) is 11.6 Å². The van der Waals surface area contributed by atoms with Gasteiger partial charge in [0.25, 0.3) is 0 Å². The maximum Gasteiger partial charge on any atom is 0.0460 e. The Labute approximate surface area is 193 Å². The Bertz CT molecular complexity index is 825. The van der Waals surface area contributed by atoms with Gasteiger partial charge in [0, 0.05) is 60.9 Å². The molecule has 2 aromatic rings. The van der Waals surface area contributed by atoms with Crippen molar-refractivity contribution in [3.63, 3.8) is 0 Å². The molecule has 5 nitrogen and oxygen atoms in total. The lowest BCUT2D eigenvalue weighted by Crippen LogP contribution is -2.47. The largest absolute Gasteiger partial charge is 0.357 e. The Kier molecular flexibility index (Phi) is 8.30. The van der Waals surface area contributed by atoms with E-state index in [1.54, 1.807) is 0 Å². The van der Waals surface area contributed by atoms with E-state index >= 15 is 0 Å².